The lowest BCUT2D eigenvalue weighted by atomic mass is 10.2. The lowest BCUT2D eigenvalue weighted by Gasteiger charge is -2.24. The normalized spacial score (nSPS) is 13.8. The van der Waals surface area contributed by atoms with Crippen LogP contribution in [0.4, 0.5) is 5.69 Å². The van der Waals surface area contributed by atoms with Gasteiger partial charge in [-0.05, 0) is 62.4 Å². The van der Waals surface area contributed by atoms with Gasteiger partial charge in [-0.15, -0.1) is 0 Å². The Balaban J connectivity index is 1.87. The second-order valence-corrected chi connectivity index (χ2v) is 9.75. The van der Waals surface area contributed by atoms with E-state index < -0.39 is 22.5 Å². The third kappa shape index (κ3) is 5.99. The number of carbonyl (C=O) groups is 1. The van der Waals surface area contributed by atoms with Crippen LogP contribution in [-0.2, 0) is 21.4 Å². The Morgan fingerprint density at radius 2 is 1.75 bits per heavy atom. The van der Waals surface area contributed by atoms with Gasteiger partial charge in [0.05, 0.1) is 13.2 Å². The maximum absolute atomic E-state index is 13.5. The molecule has 2 N–H and O–H groups in total. The van der Waals surface area contributed by atoms with E-state index in [4.69, 9.17) is 9.94 Å². The summed E-state index contributed by atoms with van der Waals surface area (Å²) in [5.74, 6) is -0.0817. The number of anilines is 1. The van der Waals surface area contributed by atoms with Gasteiger partial charge in [0.25, 0.3) is 5.91 Å². The van der Waals surface area contributed by atoms with Gasteiger partial charge in [0.15, 0.2) is 0 Å². The van der Waals surface area contributed by atoms with Crippen LogP contribution in [-0.4, -0.2) is 50.1 Å². The fourth-order valence-electron chi connectivity index (χ4n) is 3.44. The molecular weight excluding hydrogens is 430 g/mol. The number of carbonyl (C=O) groups excluding carboxylic acids is 1. The first-order chi connectivity index (χ1) is 15.4. The smallest absolute Gasteiger partial charge is 0.258 e. The van der Waals surface area contributed by atoms with Gasteiger partial charge in [0.1, 0.15) is 10.6 Å². The van der Waals surface area contributed by atoms with Crippen LogP contribution in [0.3, 0.4) is 0 Å². The molecule has 0 aliphatic heterocycles. The summed E-state index contributed by atoms with van der Waals surface area (Å²) in [5, 5.41) is 8.99. The summed E-state index contributed by atoms with van der Waals surface area (Å²) in [5.41, 5.74) is 3.29. The number of rotatable bonds is 12. The minimum atomic E-state index is -4.07. The van der Waals surface area contributed by atoms with Gasteiger partial charge in [0, 0.05) is 25.3 Å². The first kappa shape index (κ1) is 24.0. The zero-order valence-corrected chi connectivity index (χ0v) is 19.3. The molecule has 2 aromatic rings. The molecule has 1 aliphatic carbocycles. The van der Waals surface area contributed by atoms with E-state index in [2.05, 4.69) is 18.7 Å². The third-order valence-corrected chi connectivity index (χ3v) is 7.34. The van der Waals surface area contributed by atoms with Crippen molar-refractivity contribution in [2.24, 2.45) is 5.92 Å². The molecule has 0 heterocycles. The van der Waals surface area contributed by atoms with Crippen molar-refractivity contribution in [3.05, 3.63) is 54.1 Å². The monoisotopic (exact) mass is 461 g/mol. The highest BCUT2D eigenvalue weighted by atomic mass is 32.2. The molecule has 3 rings (SSSR count). The van der Waals surface area contributed by atoms with E-state index in [9.17, 15) is 13.2 Å². The standard InChI is InChI=1S/C23H31N3O5S/c1-3-25(4-2)20-13-11-18(12-14-20)15-26(16-23(27)24-28)32(29,30)22-8-6-5-7-21(22)31-17-19-9-10-19/h5-8,11-14,19,28H,3-4,9-10,15-17H2,1-2H3,(H,24,27). The van der Waals surface area contributed by atoms with Crippen molar-refractivity contribution in [2.75, 3.05) is 31.1 Å². The van der Waals surface area contributed by atoms with Crippen LogP contribution in [0.5, 0.6) is 5.75 Å². The Bertz CT molecular complexity index is 1000. The number of amides is 1. The number of nitrogens with one attached hydrogen (secondary N) is 1. The molecule has 1 fully saturated rings. The lowest BCUT2D eigenvalue weighted by molar-refractivity contribution is -0.129. The number of hydrogen-bond acceptors (Lipinski definition) is 6. The summed E-state index contributed by atoms with van der Waals surface area (Å²) in [4.78, 5) is 14.1. The highest BCUT2D eigenvalue weighted by Crippen LogP contribution is 2.32. The maximum atomic E-state index is 13.5. The summed E-state index contributed by atoms with van der Waals surface area (Å²) in [6, 6.07) is 14.0. The maximum Gasteiger partial charge on any atom is 0.258 e. The van der Waals surface area contributed by atoms with Gasteiger partial charge in [-0.25, -0.2) is 13.9 Å². The minimum Gasteiger partial charge on any atom is -0.492 e. The van der Waals surface area contributed by atoms with Gasteiger partial charge in [0.2, 0.25) is 10.0 Å². The van der Waals surface area contributed by atoms with Crippen LogP contribution in [0.2, 0.25) is 0 Å². The Hall–Kier alpha value is -2.62. The molecule has 1 amide bonds. The molecule has 0 aromatic heterocycles. The summed E-state index contributed by atoms with van der Waals surface area (Å²) >= 11 is 0. The van der Waals surface area contributed by atoms with E-state index in [1.54, 1.807) is 18.2 Å². The SMILES string of the molecule is CCN(CC)c1ccc(CN(CC(=O)NO)S(=O)(=O)c2ccccc2OCC2CC2)cc1. The summed E-state index contributed by atoms with van der Waals surface area (Å²) in [6.07, 6.45) is 2.17. The van der Waals surface area contributed by atoms with Crippen molar-refractivity contribution in [1.82, 2.24) is 9.79 Å². The Labute approximate surface area is 189 Å². The first-order valence-electron chi connectivity index (χ1n) is 10.9. The van der Waals surface area contributed by atoms with Gasteiger partial charge in [-0.3, -0.25) is 10.0 Å². The van der Waals surface area contributed by atoms with E-state index in [1.807, 2.05) is 24.3 Å². The van der Waals surface area contributed by atoms with Crippen molar-refractivity contribution in [2.45, 2.75) is 38.1 Å². The highest BCUT2D eigenvalue weighted by Gasteiger charge is 2.30. The highest BCUT2D eigenvalue weighted by molar-refractivity contribution is 7.89. The van der Waals surface area contributed by atoms with Crippen LogP contribution in [0, 0.1) is 5.92 Å². The second-order valence-electron chi connectivity index (χ2n) is 7.85. The molecule has 0 saturated heterocycles. The molecule has 0 spiro atoms. The zero-order chi connectivity index (χ0) is 23.1. The van der Waals surface area contributed by atoms with Crippen LogP contribution < -0.4 is 15.1 Å². The van der Waals surface area contributed by atoms with E-state index in [-0.39, 0.29) is 17.2 Å². The van der Waals surface area contributed by atoms with Crippen molar-refractivity contribution >= 4 is 21.6 Å². The van der Waals surface area contributed by atoms with Crippen molar-refractivity contribution in [3.63, 3.8) is 0 Å². The predicted molar refractivity (Wildman–Crippen MR) is 122 cm³/mol. The van der Waals surface area contributed by atoms with Crippen molar-refractivity contribution in [1.29, 1.82) is 0 Å². The molecule has 0 unspecified atom stereocenters. The average molecular weight is 462 g/mol. The molecule has 8 nitrogen and oxygen atoms in total. The fourth-order valence-corrected chi connectivity index (χ4v) is 4.96. The fraction of sp³-hybridized carbons (Fsp3) is 0.435. The summed E-state index contributed by atoms with van der Waals surface area (Å²) in [7, 11) is -4.07. The molecule has 0 atom stereocenters. The molecule has 0 radical (unpaired) electrons. The van der Waals surface area contributed by atoms with Gasteiger partial charge in [-0.1, -0.05) is 24.3 Å². The second kappa shape index (κ2) is 10.8. The lowest BCUT2D eigenvalue weighted by Crippen LogP contribution is -2.39. The Kier molecular flexibility index (Phi) is 8.11. The summed E-state index contributed by atoms with van der Waals surface area (Å²) < 4.78 is 33.9. The van der Waals surface area contributed by atoms with E-state index >= 15 is 0 Å². The van der Waals surface area contributed by atoms with Crippen molar-refractivity contribution in [3.8, 4) is 5.75 Å². The van der Waals surface area contributed by atoms with Crippen molar-refractivity contribution < 1.29 is 23.2 Å². The van der Waals surface area contributed by atoms with Crippen LogP contribution in [0.1, 0.15) is 32.3 Å². The molecule has 2 aromatic carbocycles. The van der Waals surface area contributed by atoms with E-state index in [1.165, 1.54) is 11.5 Å². The molecule has 32 heavy (non-hydrogen) atoms. The molecule has 174 valence electrons. The largest absolute Gasteiger partial charge is 0.492 e. The predicted octanol–water partition coefficient (Wildman–Crippen LogP) is 3.02. The van der Waals surface area contributed by atoms with Crippen LogP contribution in [0.25, 0.3) is 0 Å². The number of para-hydroxylation sites is 1. The van der Waals surface area contributed by atoms with E-state index in [0.29, 0.717) is 12.5 Å². The van der Waals surface area contributed by atoms with Crippen LogP contribution >= 0.6 is 0 Å². The van der Waals surface area contributed by atoms with E-state index in [0.717, 1.165) is 41.5 Å². The summed E-state index contributed by atoms with van der Waals surface area (Å²) in [6.45, 7) is 5.80. The molecule has 1 aliphatic rings. The Morgan fingerprint density at radius 3 is 2.34 bits per heavy atom. The number of nitrogens with zero attached hydrogens (tertiary/aromatic N) is 2. The van der Waals surface area contributed by atoms with Gasteiger partial charge in [-0.2, -0.15) is 4.31 Å². The van der Waals surface area contributed by atoms with Gasteiger partial charge < -0.3 is 9.64 Å². The number of hydroxylamine groups is 1. The topological polar surface area (TPSA) is 99.2 Å². The van der Waals surface area contributed by atoms with Crippen LogP contribution in [0.15, 0.2) is 53.4 Å². The molecule has 0 bridgehead atoms. The quantitative estimate of drug-likeness (QED) is 0.372. The molecular formula is C23H31N3O5S. The number of hydrogen-bond donors (Lipinski definition) is 2. The molecule has 9 heteroatoms. The zero-order valence-electron chi connectivity index (χ0n) is 18.5. The number of sulfonamides is 1. The first-order valence-corrected chi connectivity index (χ1v) is 12.3. The average Bonchev–Trinajstić information content (AvgIpc) is 3.63. The number of benzene rings is 2. The molecule has 1 saturated carbocycles. The van der Waals surface area contributed by atoms with Gasteiger partial charge >= 0.3 is 0 Å². The minimum absolute atomic E-state index is 0.00570. The Morgan fingerprint density at radius 1 is 1.09 bits per heavy atom. The third-order valence-electron chi connectivity index (χ3n) is 5.51. The number of ether oxygens (including phenoxy) is 1.